The van der Waals surface area contributed by atoms with Gasteiger partial charge < -0.3 is 10.2 Å². The summed E-state index contributed by atoms with van der Waals surface area (Å²) in [4.78, 5) is 36.1. The number of rotatable bonds is 5. The Morgan fingerprint density at radius 1 is 0.963 bits per heavy atom. The van der Waals surface area contributed by atoms with Gasteiger partial charge in [-0.3, -0.25) is 14.4 Å². The maximum atomic E-state index is 13.2. The molecule has 0 unspecified atom stereocenters. The molecule has 0 saturated carbocycles. The molecule has 27 heavy (non-hydrogen) atoms. The fourth-order valence-corrected chi connectivity index (χ4v) is 2.45. The molecule has 0 heterocycles. The van der Waals surface area contributed by atoms with E-state index in [4.69, 9.17) is 0 Å². The van der Waals surface area contributed by atoms with Gasteiger partial charge in [-0.15, -0.1) is 0 Å². The number of carbonyl (C=O) groups excluding carboxylic acids is 3. The second-order valence-corrected chi connectivity index (χ2v) is 5.80. The minimum absolute atomic E-state index is 0.139. The molecule has 0 aliphatic heterocycles. The Morgan fingerprint density at radius 2 is 1.56 bits per heavy atom. The number of alkyl halides is 3. The highest BCUT2D eigenvalue weighted by Gasteiger charge is 2.35. The van der Waals surface area contributed by atoms with Gasteiger partial charge in [0, 0.05) is 18.2 Å². The summed E-state index contributed by atoms with van der Waals surface area (Å²) in [6.07, 6.45) is -4.66. The number of amides is 2. The van der Waals surface area contributed by atoms with Crippen molar-refractivity contribution in [1.82, 2.24) is 0 Å². The lowest BCUT2D eigenvalue weighted by Gasteiger charge is -2.24. The lowest BCUT2D eigenvalue weighted by molar-refractivity contribution is -0.137. The molecular weight excluding hydrogens is 361 g/mol. The molecule has 5 nitrogen and oxygen atoms in total. The number of nitrogens with one attached hydrogen (secondary N) is 1. The number of anilines is 2. The van der Waals surface area contributed by atoms with E-state index >= 15 is 0 Å². The van der Waals surface area contributed by atoms with Crippen LogP contribution in [-0.4, -0.2) is 24.1 Å². The van der Waals surface area contributed by atoms with Crippen LogP contribution in [0, 0.1) is 0 Å². The molecule has 2 aromatic carbocycles. The lowest BCUT2D eigenvalue weighted by Crippen LogP contribution is -2.37. The lowest BCUT2D eigenvalue weighted by atomic mass is 10.1. The molecule has 0 atom stereocenters. The molecular formula is C19H17F3N2O3. The number of hydrogen-bond donors (Lipinski definition) is 1. The average Bonchev–Trinajstić information content (AvgIpc) is 2.59. The van der Waals surface area contributed by atoms with Gasteiger partial charge in [-0.25, -0.2) is 0 Å². The van der Waals surface area contributed by atoms with Crippen molar-refractivity contribution in [3.8, 4) is 0 Å². The molecule has 2 amide bonds. The Labute approximate surface area is 153 Å². The molecule has 0 aliphatic carbocycles. The van der Waals surface area contributed by atoms with Crippen molar-refractivity contribution >= 4 is 29.0 Å². The van der Waals surface area contributed by atoms with Crippen LogP contribution in [0.5, 0.6) is 0 Å². The third-order valence-corrected chi connectivity index (χ3v) is 3.76. The predicted octanol–water partition coefficient (Wildman–Crippen LogP) is 3.90. The van der Waals surface area contributed by atoms with Crippen molar-refractivity contribution < 1.29 is 27.6 Å². The summed E-state index contributed by atoms with van der Waals surface area (Å²) in [6, 6.07) is 10.6. The Kier molecular flexibility index (Phi) is 5.99. The molecule has 142 valence electrons. The molecule has 0 aromatic heterocycles. The Balaban J connectivity index is 2.21. The number of para-hydroxylation sites is 1. The molecule has 1 N–H and O–H groups in total. The third kappa shape index (κ3) is 5.16. The zero-order chi connectivity index (χ0) is 20.2. The van der Waals surface area contributed by atoms with E-state index in [-0.39, 0.29) is 11.5 Å². The van der Waals surface area contributed by atoms with Crippen LogP contribution in [-0.2, 0) is 15.8 Å². The van der Waals surface area contributed by atoms with Crippen LogP contribution in [0.4, 0.5) is 24.5 Å². The molecule has 0 saturated heterocycles. The van der Waals surface area contributed by atoms with Crippen LogP contribution in [0.2, 0.25) is 0 Å². The molecule has 0 bridgehead atoms. The predicted molar refractivity (Wildman–Crippen MR) is 94.5 cm³/mol. The van der Waals surface area contributed by atoms with Gasteiger partial charge in [-0.05, 0) is 43.3 Å². The van der Waals surface area contributed by atoms with E-state index in [2.05, 4.69) is 5.32 Å². The van der Waals surface area contributed by atoms with Crippen LogP contribution in [0.1, 0.15) is 29.8 Å². The first-order valence-electron chi connectivity index (χ1n) is 7.95. The molecule has 0 spiro atoms. The second kappa shape index (κ2) is 8.03. The quantitative estimate of drug-likeness (QED) is 0.803. The first kappa shape index (κ1) is 20.2. The van der Waals surface area contributed by atoms with E-state index in [9.17, 15) is 27.6 Å². The second-order valence-electron chi connectivity index (χ2n) is 5.80. The zero-order valence-electron chi connectivity index (χ0n) is 14.6. The molecule has 2 aromatic rings. The Bertz CT molecular complexity index is 861. The van der Waals surface area contributed by atoms with E-state index in [1.165, 1.54) is 43.3 Å². The van der Waals surface area contributed by atoms with Gasteiger partial charge in [-0.1, -0.05) is 12.1 Å². The van der Waals surface area contributed by atoms with E-state index in [0.717, 1.165) is 24.0 Å². The molecule has 2 rings (SSSR count). The van der Waals surface area contributed by atoms with Gasteiger partial charge in [0.05, 0.1) is 11.3 Å². The van der Waals surface area contributed by atoms with Crippen molar-refractivity contribution in [2.45, 2.75) is 20.0 Å². The SMILES string of the molecule is CC(=O)c1ccc(NC(=O)CN(C(C)=O)c2ccccc2C(F)(F)F)cc1. The summed E-state index contributed by atoms with van der Waals surface area (Å²) in [5.41, 5.74) is -0.575. The molecule has 0 fully saturated rings. The van der Waals surface area contributed by atoms with Gasteiger partial charge in [0.25, 0.3) is 0 Å². The highest BCUT2D eigenvalue weighted by atomic mass is 19.4. The largest absolute Gasteiger partial charge is 0.418 e. The number of halogens is 3. The standard InChI is InChI=1S/C19H17F3N2O3/c1-12(25)14-7-9-15(10-8-14)23-18(27)11-24(13(2)26)17-6-4-3-5-16(17)19(20,21)22/h3-10H,11H2,1-2H3,(H,23,27). The number of carbonyl (C=O) groups is 3. The number of nitrogens with zero attached hydrogens (tertiary/aromatic N) is 1. The van der Waals surface area contributed by atoms with Crippen LogP contribution in [0.25, 0.3) is 0 Å². The summed E-state index contributed by atoms with van der Waals surface area (Å²) in [5.74, 6) is -1.51. The maximum Gasteiger partial charge on any atom is 0.418 e. The fourth-order valence-electron chi connectivity index (χ4n) is 2.45. The fraction of sp³-hybridized carbons (Fsp3) is 0.211. The van der Waals surface area contributed by atoms with E-state index < -0.39 is 30.1 Å². The normalized spacial score (nSPS) is 11.0. The number of benzene rings is 2. The minimum Gasteiger partial charge on any atom is -0.325 e. The van der Waals surface area contributed by atoms with E-state index in [1.54, 1.807) is 0 Å². The monoisotopic (exact) mass is 378 g/mol. The summed E-state index contributed by atoms with van der Waals surface area (Å²) in [6.45, 7) is 1.90. The van der Waals surface area contributed by atoms with Gasteiger partial charge in [0.15, 0.2) is 5.78 Å². The van der Waals surface area contributed by atoms with Gasteiger partial charge in [0.2, 0.25) is 11.8 Å². The van der Waals surface area contributed by atoms with Crippen LogP contribution >= 0.6 is 0 Å². The van der Waals surface area contributed by atoms with Crippen molar-refractivity contribution in [2.75, 3.05) is 16.8 Å². The number of Topliss-reactive ketones (excluding diaryl/α,β-unsaturated/α-hetero) is 1. The van der Waals surface area contributed by atoms with Crippen LogP contribution in [0.3, 0.4) is 0 Å². The summed E-state index contributed by atoms with van der Waals surface area (Å²) in [5, 5.41) is 2.50. The maximum absolute atomic E-state index is 13.2. The number of hydrogen-bond acceptors (Lipinski definition) is 3. The Hall–Kier alpha value is -3.16. The van der Waals surface area contributed by atoms with Crippen molar-refractivity contribution in [3.05, 3.63) is 59.7 Å². The third-order valence-electron chi connectivity index (χ3n) is 3.76. The van der Waals surface area contributed by atoms with Gasteiger partial charge in [0.1, 0.15) is 6.54 Å². The highest BCUT2D eigenvalue weighted by Crippen LogP contribution is 2.36. The highest BCUT2D eigenvalue weighted by molar-refractivity contribution is 6.02. The molecule has 0 aliphatic rings. The van der Waals surface area contributed by atoms with Crippen LogP contribution < -0.4 is 10.2 Å². The van der Waals surface area contributed by atoms with Crippen molar-refractivity contribution in [2.24, 2.45) is 0 Å². The summed E-state index contributed by atoms with van der Waals surface area (Å²) >= 11 is 0. The number of ketones is 1. The first-order valence-corrected chi connectivity index (χ1v) is 7.95. The smallest absolute Gasteiger partial charge is 0.325 e. The zero-order valence-corrected chi connectivity index (χ0v) is 14.6. The topological polar surface area (TPSA) is 66.5 Å². The Morgan fingerprint density at radius 3 is 2.07 bits per heavy atom. The van der Waals surface area contributed by atoms with Gasteiger partial charge >= 0.3 is 6.18 Å². The molecule has 8 heteroatoms. The van der Waals surface area contributed by atoms with E-state index in [1.807, 2.05) is 0 Å². The van der Waals surface area contributed by atoms with Crippen molar-refractivity contribution in [3.63, 3.8) is 0 Å². The molecule has 0 radical (unpaired) electrons. The minimum atomic E-state index is -4.66. The van der Waals surface area contributed by atoms with Crippen molar-refractivity contribution in [1.29, 1.82) is 0 Å². The summed E-state index contributed by atoms with van der Waals surface area (Å²) < 4.78 is 39.6. The summed E-state index contributed by atoms with van der Waals surface area (Å²) in [7, 11) is 0. The van der Waals surface area contributed by atoms with Gasteiger partial charge in [-0.2, -0.15) is 13.2 Å². The first-order chi connectivity index (χ1) is 12.6. The van der Waals surface area contributed by atoms with E-state index in [0.29, 0.717) is 11.3 Å². The average molecular weight is 378 g/mol. The van der Waals surface area contributed by atoms with Crippen LogP contribution in [0.15, 0.2) is 48.5 Å².